The van der Waals surface area contributed by atoms with Crippen molar-refractivity contribution in [3.63, 3.8) is 0 Å². The number of aliphatic carboxylic acids is 1. The van der Waals surface area contributed by atoms with Gasteiger partial charge in [0.05, 0.1) is 6.04 Å². The van der Waals surface area contributed by atoms with E-state index < -0.39 is 12.0 Å². The number of likely N-dealkylation sites (tertiary alicyclic amines) is 1. The molecular formula is C21H21Cl2NO3. The van der Waals surface area contributed by atoms with E-state index in [-0.39, 0.29) is 17.9 Å². The van der Waals surface area contributed by atoms with Gasteiger partial charge in [0.2, 0.25) is 5.91 Å². The molecule has 0 bridgehead atoms. The summed E-state index contributed by atoms with van der Waals surface area (Å²) < 4.78 is 0. The van der Waals surface area contributed by atoms with E-state index >= 15 is 0 Å². The summed E-state index contributed by atoms with van der Waals surface area (Å²) in [6, 6.07) is 13.6. The quantitative estimate of drug-likeness (QED) is 0.733. The van der Waals surface area contributed by atoms with Crippen molar-refractivity contribution in [3.05, 3.63) is 69.7 Å². The van der Waals surface area contributed by atoms with Gasteiger partial charge in [-0.1, -0.05) is 54.4 Å². The molecule has 1 N–H and O–H groups in total. The Kier molecular flexibility index (Phi) is 6.08. The lowest BCUT2D eigenvalue weighted by molar-refractivity contribution is -0.155. The lowest BCUT2D eigenvalue weighted by atomic mass is 9.79. The Morgan fingerprint density at radius 2 is 1.85 bits per heavy atom. The molecule has 2 aromatic carbocycles. The molecule has 2 aromatic rings. The minimum Gasteiger partial charge on any atom is -0.480 e. The maximum Gasteiger partial charge on any atom is 0.326 e. The third-order valence-electron chi connectivity index (χ3n) is 5.13. The van der Waals surface area contributed by atoms with Crippen LogP contribution < -0.4 is 0 Å². The molecule has 1 aliphatic rings. The first-order chi connectivity index (χ1) is 12.9. The summed E-state index contributed by atoms with van der Waals surface area (Å²) >= 11 is 12.2. The van der Waals surface area contributed by atoms with Gasteiger partial charge in [-0.15, -0.1) is 0 Å². The number of carboxylic acids is 1. The number of nitrogens with zero attached hydrogens (tertiary/aromatic N) is 1. The highest BCUT2D eigenvalue weighted by Gasteiger charge is 2.42. The number of rotatable bonds is 5. The van der Waals surface area contributed by atoms with Gasteiger partial charge >= 0.3 is 5.97 Å². The highest BCUT2D eigenvalue weighted by molar-refractivity contribution is 6.30. The SMILES string of the molecule is CC[C@@H](C(=O)O)N1C(=O)CC[C@H](c2cccc(Cl)c2)[C@H]1c1ccc(Cl)cc1. The average molecular weight is 406 g/mol. The van der Waals surface area contributed by atoms with Crippen molar-refractivity contribution in [1.29, 1.82) is 0 Å². The zero-order chi connectivity index (χ0) is 19.6. The van der Waals surface area contributed by atoms with Crippen molar-refractivity contribution in [1.82, 2.24) is 4.90 Å². The molecule has 0 spiro atoms. The van der Waals surface area contributed by atoms with Gasteiger partial charge in [0.15, 0.2) is 0 Å². The van der Waals surface area contributed by atoms with Gasteiger partial charge in [-0.2, -0.15) is 0 Å². The number of carbonyl (C=O) groups is 2. The van der Waals surface area contributed by atoms with Crippen LogP contribution >= 0.6 is 23.2 Å². The number of carbonyl (C=O) groups excluding carboxylic acids is 1. The van der Waals surface area contributed by atoms with Gasteiger partial charge in [-0.25, -0.2) is 4.79 Å². The van der Waals surface area contributed by atoms with Crippen molar-refractivity contribution in [2.75, 3.05) is 0 Å². The highest BCUT2D eigenvalue weighted by Crippen LogP contribution is 2.45. The highest BCUT2D eigenvalue weighted by atomic mass is 35.5. The third kappa shape index (κ3) is 4.12. The van der Waals surface area contributed by atoms with E-state index in [1.165, 1.54) is 0 Å². The Morgan fingerprint density at radius 1 is 1.15 bits per heavy atom. The zero-order valence-corrected chi connectivity index (χ0v) is 16.5. The molecule has 0 aromatic heterocycles. The van der Waals surface area contributed by atoms with Crippen molar-refractivity contribution >= 4 is 35.1 Å². The molecule has 0 aliphatic carbocycles. The third-order valence-corrected chi connectivity index (χ3v) is 5.62. The average Bonchev–Trinajstić information content (AvgIpc) is 2.64. The fraction of sp³-hybridized carbons (Fsp3) is 0.333. The van der Waals surface area contributed by atoms with Gasteiger partial charge in [-0.3, -0.25) is 4.79 Å². The summed E-state index contributed by atoms with van der Waals surface area (Å²) in [4.78, 5) is 26.2. The molecule has 1 aliphatic heterocycles. The summed E-state index contributed by atoms with van der Waals surface area (Å²) in [7, 11) is 0. The monoisotopic (exact) mass is 405 g/mol. The van der Waals surface area contributed by atoms with E-state index in [1.807, 2.05) is 30.3 Å². The summed E-state index contributed by atoms with van der Waals surface area (Å²) in [6.45, 7) is 1.79. The Balaban J connectivity index is 2.13. The lowest BCUT2D eigenvalue weighted by Crippen LogP contribution is -2.50. The molecule has 0 radical (unpaired) electrons. The number of halogens is 2. The standard InChI is InChI=1S/C21H21Cl2NO3/c1-2-18(21(26)27)24-19(25)11-10-17(14-4-3-5-16(23)12-14)20(24)13-6-8-15(22)9-7-13/h3-9,12,17-18,20H,2,10-11H2,1H3,(H,26,27)/t17-,18+,20-/m1/s1. The maximum atomic E-state index is 12.8. The second-order valence-corrected chi connectivity index (χ2v) is 7.63. The van der Waals surface area contributed by atoms with Crippen LogP contribution in [-0.2, 0) is 9.59 Å². The van der Waals surface area contributed by atoms with Gasteiger partial charge in [0, 0.05) is 22.4 Å². The Labute approximate surface area is 168 Å². The van der Waals surface area contributed by atoms with Crippen LogP contribution in [0.1, 0.15) is 49.3 Å². The number of hydrogen-bond donors (Lipinski definition) is 1. The lowest BCUT2D eigenvalue weighted by Gasteiger charge is -2.44. The first-order valence-electron chi connectivity index (χ1n) is 8.97. The minimum absolute atomic E-state index is 0.0454. The largest absolute Gasteiger partial charge is 0.480 e. The Morgan fingerprint density at radius 3 is 2.44 bits per heavy atom. The van der Waals surface area contributed by atoms with Crippen LogP contribution in [0.25, 0.3) is 0 Å². The molecule has 1 amide bonds. The topological polar surface area (TPSA) is 57.6 Å². The molecule has 4 nitrogen and oxygen atoms in total. The Hall–Kier alpha value is -2.04. The summed E-state index contributed by atoms with van der Waals surface area (Å²) in [5.74, 6) is -1.17. The van der Waals surface area contributed by atoms with E-state index in [1.54, 1.807) is 30.0 Å². The fourth-order valence-electron chi connectivity index (χ4n) is 3.91. The van der Waals surface area contributed by atoms with Crippen LogP contribution in [-0.4, -0.2) is 27.9 Å². The number of hydrogen-bond acceptors (Lipinski definition) is 2. The maximum absolute atomic E-state index is 12.8. The van der Waals surface area contributed by atoms with Crippen LogP contribution in [0, 0.1) is 0 Å². The number of benzene rings is 2. The normalized spacial score (nSPS) is 21.1. The second kappa shape index (κ2) is 8.32. The van der Waals surface area contributed by atoms with E-state index in [0.717, 1.165) is 11.1 Å². The van der Waals surface area contributed by atoms with Crippen molar-refractivity contribution < 1.29 is 14.7 Å². The second-order valence-electron chi connectivity index (χ2n) is 6.76. The van der Waals surface area contributed by atoms with E-state index in [0.29, 0.717) is 29.3 Å². The molecule has 3 atom stereocenters. The minimum atomic E-state index is -0.989. The van der Waals surface area contributed by atoms with Crippen LogP contribution in [0.5, 0.6) is 0 Å². The smallest absolute Gasteiger partial charge is 0.326 e. The van der Waals surface area contributed by atoms with Gasteiger partial charge in [0.25, 0.3) is 0 Å². The predicted molar refractivity (Wildman–Crippen MR) is 106 cm³/mol. The fourth-order valence-corrected chi connectivity index (χ4v) is 4.24. The number of piperidine rings is 1. The molecule has 3 rings (SSSR count). The predicted octanol–water partition coefficient (Wildman–Crippen LogP) is 5.30. The number of amides is 1. The van der Waals surface area contributed by atoms with Crippen LogP contribution in [0.2, 0.25) is 10.0 Å². The number of carboxylic acid groups (broad SMARTS) is 1. The first-order valence-corrected chi connectivity index (χ1v) is 9.73. The molecule has 6 heteroatoms. The summed E-state index contributed by atoms with van der Waals surface area (Å²) in [6.07, 6.45) is 1.29. The van der Waals surface area contributed by atoms with E-state index in [2.05, 4.69) is 0 Å². The van der Waals surface area contributed by atoms with E-state index in [9.17, 15) is 14.7 Å². The van der Waals surface area contributed by atoms with Crippen LogP contribution in [0.15, 0.2) is 48.5 Å². The van der Waals surface area contributed by atoms with Gasteiger partial charge in [0.1, 0.15) is 6.04 Å². The first kappa shape index (κ1) is 19.7. The molecule has 142 valence electrons. The van der Waals surface area contributed by atoms with Crippen LogP contribution in [0.4, 0.5) is 0 Å². The molecule has 27 heavy (non-hydrogen) atoms. The summed E-state index contributed by atoms with van der Waals surface area (Å²) in [5.41, 5.74) is 1.87. The van der Waals surface area contributed by atoms with Crippen LogP contribution in [0.3, 0.4) is 0 Å². The molecule has 1 heterocycles. The molecule has 1 fully saturated rings. The van der Waals surface area contributed by atoms with E-state index in [4.69, 9.17) is 23.2 Å². The van der Waals surface area contributed by atoms with Gasteiger partial charge in [-0.05, 0) is 48.2 Å². The molecule has 1 saturated heterocycles. The molecule has 0 saturated carbocycles. The Bertz CT molecular complexity index is 838. The van der Waals surface area contributed by atoms with Crippen molar-refractivity contribution in [2.24, 2.45) is 0 Å². The molecular weight excluding hydrogens is 385 g/mol. The zero-order valence-electron chi connectivity index (χ0n) is 14.9. The van der Waals surface area contributed by atoms with Gasteiger partial charge < -0.3 is 10.0 Å². The summed E-state index contributed by atoms with van der Waals surface area (Å²) in [5, 5.41) is 10.9. The van der Waals surface area contributed by atoms with Crippen molar-refractivity contribution in [3.8, 4) is 0 Å². The molecule has 0 unspecified atom stereocenters. The van der Waals surface area contributed by atoms with Crippen molar-refractivity contribution in [2.45, 2.75) is 44.2 Å².